The third kappa shape index (κ3) is 9.12. The Labute approximate surface area is 256 Å². The van der Waals surface area contributed by atoms with Crippen molar-refractivity contribution >= 4 is 55.0 Å². The standard InChI is InChI=1S/C30H44N4O4S2.ClH/c1-8-32(9-2)17-18-34(30-31-27-16-13-25(38-10-3)19-28(27)39-30)29(35)24-11-14-26(15-12-24)40(36,37)33(20-22(4)5)21-23(6)7;/h11-16,19,22-23H,8-10,17-18,20-21H2,1-7H3;1H. The summed E-state index contributed by atoms with van der Waals surface area (Å²) in [6, 6.07) is 12.1. The number of sulfonamides is 1. The van der Waals surface area contributed by atoms with E-state index < -0.39 is 10.0 Å². The molecule has 3 rings (SSSR count). The van der Waals surface area contributed by atoms with Crippen LogP contribution in [0, 0.1) is 11.8 Å². The van der Waals surface area contributed by atoms with Gasteiger partial charge in [0, 0.05) is 31.7 Å². The largest absolute Gasteiger partial charge is 0.494 e. The summed E-state index contributed by atoms with van der Waals surface area (Å²) in [7, 11) is -3.68. The summed E-state index contributed by atoms with van der Waals surface area (Å²) in [5.74, 6) is 0.965. The first-order valence-corrected chi connectivity index (χ1v) is 16.4. The van der Waals surface area contributed by atoms with Crippen LogP contribution in [0.4, 0.5) is 5.13 Å². The molecule has 0 radical (unpaired) electrons. The molecule has 0 bridgehead atoms. The number of ether oxygens (including phenoxy) is 1. The molecule has 8 nitrogen and oxygen atoms in total. The summed E-state index contributed by atoms with van der Waals surface area (Å²) < 4.78 is 35.1. The molecule has 11 heteroatoms. The Morgan fingerprint density at radius 1 is 0.927 bits per heavy atom. The van der Waals surface area contributed by atoms with Gasteiger partial charge in [0.15, 0.2) is 5.13 Å². The SMILES string of the molecule is CCOc1ccc2nc(N(CCN(CC)CC)C(=O)c3ccc(S(=O)(=O)N(CC(C)C)CC(C)C)cc3)sc2c1.Cl. The first kappa shape index (κ1) is 35.0. The van der Waals surface area contributed by atoms with Crippen molar-refractivity contribution < 1.29 is 17.9 Å². The van der Waals surface area contributed by atoms with Gasteiger partial charge in [-0.15, -0.1) is 12.4 Å². The number of hydrogen-bond acceptors (Lipinski definition) is 7. The van der Waals surface area contributed by atoms with Crippen LogP contribution in [0.25, 0.3) is 10.2 Å². The Bertz CT molecular complexity index is 1350. The summed E-state index contributed by atoms with van der Waals surface area (Å²) in [5, 5.41) is 0.609. The molecule has 0 N–H and O–H groups in total. The Morgan fingerprint density at radius 3 is 2.07 bits per heavy atom. The second-order valence-corrected chi connectivity index (χ2v) is 13.6. The highest BCUT2D eigenvalue weighted by Crippen LogP contribution is 2.32. The van der Waals surface area contributed by atoms with Gasteiger partial charge in [0.05, 0.1) is 21.7 Å². The van der Waals surface area contributed by atoms with Crippen molar-refractivity contribution in [3.63, 3.8) is 0 Å². The van der Waals surface area contributed by atoms with Crippen LogP contribution in [-0.4, -0.2) is 74.4 Å². The quantitative estimate of drug-likeness (QED) is 0.194. The third-order valence-electron chi connectivity index (χ3n) is 6.55. The van der Waals surface area contributed by atoms with Crippen molar-refractivity contribution in [2.75, 3.05) is 50.8 Å². The topological polar surface area (TPSA) is 83.0 Å². The summed E-state index contributed by atoms with van der Waals surface area (Å²) in [5.41, 5.74) is 1.23. The van der Waals surface area contributed by atoms with E-state index >= 15 is 0 Å². The number of halogens is 1. The second kappa shape index (κ2) is 15.8. The zero-order chi connectivity index (χ0) is 29.4. The van der Waals surface area contributed by atoms with Gasteiger partial charge < -0.3 is 9.64 Å². The smallest absolute Gasteiger partial charge is 0.260 e. The van der Waals surface area contributed by atoms with Crippen molar-refractivity contribution in [2.45, 2.75) is 53.4 Å². The van der Waals surface area contributed by atoms with Gasteiger partial charge in [-0.1, -0.05) is 52.9 Å². The predicted molar refractivity (Wildman–Crippen MR) is 172 cm³/mol. The van der Waals surface area contributed by atoms with E-state index in [2.05, 4.69) is 18.7 Å². The van der Waals surface area contributed by atoms with Crippen LogP contribution >= 0.6 is 23.7 Å². The van der Waals surface area contributed by atoms with Crippen LogP contribution < -0.4 is 9.64 Å². The molecule has 0 fully saturated rings. The van der Waals surface area contributed by atoms with Crippen LogP contribution in [0.5, 0.6) is 5.75 Å². The van der Waals surface area contributed by atoms with Crippen LogP contribution in [0.3, 0.4) is 0 Å². The molecule has 228 valence electrons. The van der Waals surface area contributed by atoms with E-state index in [4.69, 9.17) is 9.72 Å². The Hall–Kier alpha value is -2.24. The van der Waals surface area contributed by atoms with Gasteiger partial charge in [-0.3, -0.25) is 9.69 Å². The number of anilines is 1. The van der Waals surface area contributed by atoms with E-state index in [0.717, 1.165) is 29.1 Å². The maximum absolute atomic E-state index is 13.9. The fourth-order valence-corrected chi connectivity index (χ4v) is 7.28. The zero-order valence-corrected chi connectivity index (χ0v) is 27.7. The first-order valence-electron chi connectivity index (χ1n) is 14.2. The van der Waals surface area contributed by atoms with Gasteiger partial charge in [0.2, 0.25) is 10.0 Å². The monoisotopic (exact) mass is 624 g/mol. The van der Waals surface area contributed by atoms with Gasteiger partial charge in [-0.2, -0.15) is 4.31 Å². The number of likely N-dealkylation sites (N-methyl/N-ethyl adjacent to an activating group) is 1. The van der Waals surface area contributed by atoms with E-state index in [-0.39, 0.29) is 35.0 Å². The highest BCUT2D eigenvalue weighted by atomic mass is 35.5. The summed E-state index contributed by atoms with van der Waals surface area (Å²) in [6.45, 7) is 18.6. The fourth-order valence-electron chi connectivity index (χ4n) is 4.49. The summed E-state index contributed by atoms with van der Waals surface area (Å²) in [4.78, 5) is 22.8. The molecule has 1 heterocycles. The van der Waals surface area contributed by atoms with Gasteiger partial charge in [0.1, 0.15) is 5.75 Å². The zero-order valence-electron chi connectivity index (χ0n) is 25.3. The van der Waals surface area contributed by atoms with E-state index in [1.165, 1.54) is 11.3 Å². The number of rotatable bonds is 15. The van der Waals surface area contributed by atoms with Crippen molar-refractivity contribution in [2.24, 2.45) is 11.8 Å². The number of amides is 1. The molecule has 0 aliphatic heterocycles. The molecule has 41 heavy (non-hydrogen) atoms. The normalized spacial score (nSPS) is 12.0. The lowest BCUT2D eigenvalue weighted by Crippen LogP contribution is -2.39. The fraction of sp³-hybridized carbons (Fsp3) is 0.533. The number of benzene rings is 2. The number of fused-ring (bicyclic) bond motifs is 1. The molecule has 0 aliphatic carbocycles. The maximum Gasteiger partial charge on any atom is 0.260 e. The minimum Gasteiger partial charge on any atom is -0.494 e. The number of aromatic nitrogens is 1. The van der Waals surface area contributed by atoms with Crippen molar-refractivity contribution in [1.82, 2.24) is 14.2 Å². The molecule has 0 saturated heterocycles. The van der Waals surface area contributed by atoms with Gasteiger partial charge in [-0.25, -0.2) is 13.4 Å². The highest BCUT2D eigenvalue weighted by Gasteiger charge is 2.27. The van der Waals surface area contributed by atoms with Crippen molar-refractivity contribution in [1.29, 1.82) is 0 Å². The molecule has 0 saturated carbocycles. The molecule has 2 aromatic carbocycles. The minimum absolute atomic E-state index is 0. The van der Waals surface area contributed by atoms with E-state index in [1.54, 1.807) is 33.5 Å². The van der Waals surface area contributed by atoms with Crippen LogP contribution in [0.1, 0.15) is 58.8 Å². The molecule has 1 aromatic heterocycles. The molecular weight excluding hydrogens is 580 g/mol. The molecule has 0 aliphatic rings. The van der Waals surface area contributed by atoms with E-state index in [9.17, 15) is 13.2 Å². The Kier molecular flexibility index (Phi) is 13.5. The number of nitrogens with zero attached hydrogens (tertiary/aromatic N) is 4. The lowest BCUT2D eigenvalue weighted by atomic mass is 10.2. The summed E-state index contributed by atoms with van der Waals surface area (Å²) >= 11 is 1.45. The number of carbonyl (C=O) groups is 1. The molecule has 3 aromatic rings. The van der Waals surface area contributed by atoms with Crippen molar-refractivity contribution in [3.05, 3.63) is 48.0 Å². The Morgan fingerprint density at radius 2 is 1.54 bits per heavy atom. The molecule has 1 amide bonds. The third-order valence-corrected chi connectivity index (χ3v) is 9.43. The first-order chi connectivity index (χ1) is 19.0. The number of carbonyl (C=O) groups excluding carboxylic acids is 1. The molecular formula is C30H45ClN4O4S2. The highest BCUT2D eigenvalue weighted by molar-refractivity contribution is 7.89. The second-order valence-electron chi connectivity index (χ2n) is 10.7. The minimum atomic E-state index is -3.68. The molecule has 0 unspecified atom stereocenters. The van der Waals surface area contributed by atoms with Gasteiger partial charge in [-0.05, 0) is 74.3 Å². The number of hydrogen-bond donors (Lipinski definition) is 0. The Balaban J connectivity index is 0.00000588. The van der Waals surface area contributed by atoms with Crippen molar-refractivity contribution in [3.8, 4) is 5.75 Å². The van der Waals surface area contributed by atoms with E-state index in [0.29, 0.717) is 43.5 Å². The van der Waals surface area contributed by atoms with Crippen LogP contribution in [0.2, 0.25) is 0 Å². The molecule has 0 spiro atoms. The lowest BCUT2D eigenvalue weighted by molar-refractivity contribution is 0.0983. The lowest BCUT2D eigenvalue weighted by Gasteiger charge is -2.26. The van der Waals surface area contributed by atoms with Gasteiger partial charge >= 0.3 is 0 Å². The average molecular weight is 625 g/mol. The maximum atomic E-state index is 13.9. The van der Waals surface area contributed by atoms with Crippen LogP contribution in [-0.2, 0) is 10.0 Å². The van der Waals surface area contributed by atoms with Crippen LogP contribution in [0.15, 0.2) is 47.4 Å². The van der Waals surface area contributed by atoms with Gasteiger partial charge in [0.25, 0.3) is 5.91 Å². The predicted octanol–water partition coefficient (Wildman–Crippen LogP) is 6.41. The average Bonchev–Trinajstić information content (AvgIpc) is 3.33. The molecule has 0 atom stereocenters. The van der Waals surface area contributed by atoms with E-state index in [1.807, 2.05) is 52.8 Å². The number of thiazole rings is 1. The summed E-state index contributed by atoms with van der Waals surface area (Å²) in [6.07, 6.45) is 0.